The first-order valence-electron chi connectivity index (χ1n) is 11.9. The van der Waals surface area contributed by atoms with Crippen molar-refractivity contribution < 1.29 is 59.3 Å². The number of rotatable bonds is 11. The molecular formula is C25H33NO11. The molecule has 0 aliphatic carbocycles. The maximum absolute atomic E-state index is 11.8. The summed E-state index contributed by atoms with van der Waals surface area (Å²) < 4.78 is 16.5. The number of carbonyl (C=O) groups is 2. The molecule has 0 radical (unpaired) electrons. The lowest BCUT2D eigenvalue weighted by Crippen LogP contribution is -3.07. The second kappa shape index (κ2) is 13.1. The van der Waals surface area contributed by atoms with Crippen LogP contribution in [0.2, 0.25) is 0 Å². The predicted molar refractivity (Wildman–Crippen MR) is 124 cm³/mol. The van der Waals surface area contributed by atoms with Crippen molar-refractivity contribution in [2.45, 2.75) is 49.8 Å². The second-order valence-electron chi connectivity index (χ2n) is 9.05. The first-order chi connectivity index (χ1) is 17.7. The number of carbonyl (C=O) groups excluding carboxylic acids is 1. The molecule has 0 amide bonds. The molecule has 3 aliphatic heterocycles. The number of carboxylic acids is 2. The van der Waals surface area contributed by atoms with Crippen LogP contribution in [0.4, 0.5) is 0 Å². The van der Waals surface area contributed by atoms with Crippen LogP contribution in [0.5, 0.6) is 0 Å². The Labute approximate surface area is 213 Å². The molecule has 1 saturated heterocycles. The molecule has 0 aromatic carbocycles. The second-order valence-corrected chi connectivity index (χ2v) is 9.05. The zero-order chi connectivity index (χ0) is 27.1. The monoisotopic (exact) mass is 523 g/mol. The topological polar surface area (TPSA) is 190 Å². The summed E-state index contributed by atoms with van der Waals surface area (Å²) >= 11 is 0. The van der Waals surface area contributed by atoms with Crippen molar-refractivity contribution in [3.8, 4) is 0 Å². The van der Waals surface area contributed by atoms with E-state index in [1.807, 2.05) is 18.4 Å². The molecule has 3 heterocycles. The summed E-state index contributed by atoms with van der Waals surface area (Å²) in [6, 6.07) is 0. The average Bonchev–Trinajstić information content (AvgIpc) is 2.87. The summed E-state index contributed by atoms with van der Waals surface area (Å²) in [7, 11) is 0. The van der Waals surface area contributed by atoms with E-state index < -0.39 is 67.4 Å². The highest BCUT2D eigenvalue weighted by molar-refractivity contribution is 5.85. The Bertz CT molecular complexity index is 956. The lowest BCUT2D eigenvalue weighted by atomic mass is 9.83. The van der Waals surface area contributed by atoms with Crippen LogP contribution in [-0.4, -0.2) is 94.2 Å². The summed E-state index contributed by atoms with van der Waals surface area (Å²) in [5, 5.41) is 60.4. The van der Waals surface area contributed by atoms with Crippen LogP contribution >= 0.6 is 0 Å². The van der Waals surface area contributed by atoms with Crippen molar-refractivity contribution in [2.75, 3.05) is 19.7 Å². The minimum atomic E-state index is -1.67. The molecule has 9 atom stereocenters. The quantitative estimate of drug-likeness (QED) is 0.151. The van der Waals surface area contributed by atoms with Crippen molar-refractivity contribution in [1.29, 1.82) is 0 Å². The van der Waals surface area contributed by atoms with Gasteiger partial charge in [0.25, 0.3) is 0 Å². The lowest BCUT2D eigenvalue weighted by Gasteiger charge is -2.43. The number of quaternary nitrogens is 1. The fourth-order valence-corrected chi connectivity index (χ4v) is 4.44. The number of ether oxygens (including phenoxy) is 3. The largest absolute Gasteiger partial charge is 0.545 e. The zero-order valence-electron chi connectivity index (χ0n) is 20.1. The molecule has 0 bridgehead atoms. The van der Waals surface area contributed by atoms with Gasteiger partial charge in [-0.2, -0.15) is 0 Å². The molecule has 3 aliphatic rings. The van der Waals surface area contributed by atoms with Crippen LogP contribution < -0.4 is 10.0 Å². The van der Waals surface area contributed by atoms with Gasteiger partial charge in [-0.3, -0.25) is 4.79 Å². The van der Waals surface area contributed by atoms with Gasteiger partial charge in [-0.25, -0.2) is 0 Å². The van der Waals surface area contributed by atoms with E-state index in [2.05, 4.69) is 6.58 Å². The molecular weight excluding hydrogens is 490 g/mol. The van der Waals surface area contributed by atoms with Gasteiger partial charge < -0.3 is 54.5 Å². The van der Waals surface area contributed by atoms with Crippen molar-refractivity contribution in [3.05, 3.63) is 60.6 Å². The van der Waals surface area contributed by atoms with Gasteiger partial charge in [-0.15, -0.1) is 6.58 Å². The molecule has 6 N–H and O–H groups in total. The van der Waals surface area contributed by atoms with Crippen molar-refractivity contribution in [2.24, 2.45) is 11.8 Å². The Balaban J connectivity index is 1.77. The standard InChI is InChI=1S/C25H33NO11/c1-2-15-16(8-7-14-5-3-9-26(11-14)10-4-6-19(28)29)17(23(33)34)13-35-24(15)37-25-22(32)21(31)20(30)18(12-27)36-25/h2-3,5,7-8,11,13,15-16,18,20-22,24-25,27,30-32H,1,4,6,9-10,12H2,(H,28,29)(H,33,34)/b8-7+/t15-,16+,18-,20-,21+,22-,24+,25+/m1/s1. The third-order valence-electron chi connectivity index (χ3n) is 6.49. The van der Waals surface area contributed by atoms with Crippen LogP contribution in [0.15, 0.2) is 60.6 Å². The van der Waals surface area contributed by atoms with Gasteiger partial charge in [0.1, 0.15) is 37.2 Å². The SMILES string of the molecule is C=C[C@H]1[C@H](O[C@@H]2O[C@H](CO)[C@@H](O)[C@H](O)[C@H]2O)OC=C(C(=O)[O-])[C@H]1/C=C/C1=C[NH+](CCCC(=O)O)CC=C1. The van der Waals surface area contributed by atoms with Crippen molar-refractivity contribution in [1.82, 2.24) is 0 Å². The molecule has 12 nitrogen and oxygen atoms in total. The van der Waals surface area contributed by atoms with E-state index in [9.17, 15) is 35.1 Å². The highest BCUT2D eigenvalue weighted by Gasteiger charge is 2.46. The van der Waals surface area contributed by atoms with Gasteiger partial charge in [-0.1, -0.05) is 18.2 Å². The van der Waals surface area contributed by atoms with Crippen LogP contribution in [0, 0.1) is 11.8 Å². The molecule has 37 heavy (non-hydrogen) atoms. The fraction of sp³-hybridized carbons (Fsp3) is 0.520. The van der Waals surface area contributed by atoms with Gasteiger partial charge in [0.2, 0.25) is 6.29 Å². The van der Waals surface area contributed by atoms with Gasteiger partial charge >= 0.3 is 5.97 Å². The number of aliphatic carboxylic acids is 2. The van der Waals surface area contributed by atoms with E-state index in [0.29, 0.717) is 19.5 Å². The number of hydrogen-bond acceptors (Lipinski definition) is 10. The smallest absolute Gasteiger partial charge is 0.303 e. The average molecular weight is 524 g/mol. The highest BCUT2D eigenvalue weighted by atomic mass is 16.8. The van der Waals surface area contributed by atoms with Gasteiger partial charge in [0, 0.05) is 29.4 Å². The third kappa shape index (κ3) is 7.14. The van der Waals surface area contributed by atoms with Crippen molar-refractivity contribution in [3.63, 3.8) is 0 Å². The predicted octanol–water partition coefficient (Wildman–Crippen LogP) is -3.03. The summed E-state index contributed by atoms with van der Waals surface area (Å²) in [6.07, 6.45) is 3.32. The van der Waals surface area contributed by atoms with E-state index >= 15 is 0 Å². The van der Waals surface area contributed by atoms with Crippen LogP contribution in [0.1, 0.15) is 12.8 Å². The third-order valence-corrected chi connectivity index (χ3v) is 6.49. The van der Waals surface area contributed by atoms with E-state index in [1.54, 1.807) is 12.2 Å². The maximum Gasteiger partial charge on any atom is 0.303 e. The summed E-state index contributed by atoms with van der Waals surface area (Å²) in [5.74, 6) is -3.90. The molecule has 3 rings (SSSR count). The Kier molecular flexibility index (Phi) is 10.2. The normalized spacial score (nSPS) is 35.9. The lowest BCUT2D eigenvalue weighted by molar-refractivity contribution is -0.841. The Hall–Kier alpha value is -2.84. The number of nitrogens with one attached hydrogen (secondary N) is 1. The molecule has 0 saturated carbocycles. The fourth-order valence-electron chi connectivity index (χ4n) is 4.44. The van der Waals surface area contributed by atoms with Crippen LogP contribution in [0.3, 0.4) is 0 Å². The van der Waals surface area contributed by atoms with E-state index in [-0.39, 0.29) is 12.0 Å². The van der Waals surface area contributed by atoms with E-state index in [1.165, 1.54) is 6.08 Å². The Morgan fingerprint density at radius 3 is 2.62 bits per heavy atom. The summed E-state index contributed by atoms with van der Waals surface area (Å²) in [5.41, 5.74) is 0.621. The molecule has 1 unspecified atom stereocenters. The minimum absolute atomic E-state index is 0.0743. The van der Waals surface area contributed by atoms with E-state index in [4.69, 9.17) is 19.3 Å². The molecule has 0 aromatic rings. The maximum atomic E-state index is 11.8. The molecule has 0 aromatic heterocycles. The Morgan fingerprint density at radius 1 is 1.22 bits per heavy atom. The number of carboxylic acid groups (broad SMARTS) is 2. The number of aliphatic hydroxyl groups excluding tert-OH is 4. The number of hydrogen-bond donors (Lipinski definition) is 6. The van der Waals surface area contributed by atoms with E-state index in [0.717, 1.165) is 16.7 Å². The summed E-state index contributed by atoms with van der Waals surface area (Å²) in [4.78, 5) is 23.6. The molecule has 204 valence electrons. The first-order valence-corrected chi connectivity index (χ1v) is 11.9. The van der Waals surface area contributed by atoms with Crippen LogP contribution in [-0.2, 0) is 23.8 Å². The number of aliphatic hydroxyl groups is 4. The minimum Gasteiger partial charge on any atom is -0.545 e. The molecule has 12 heteroatoms. The highest BCUT2D eigenvalue weighted by Crippen LogP contribution is 2.35. The van der Waals surface area contributed by atoms with Crippen molar-refractivity contribution >= 4 is 11.9 Å². The zero-order valence-corrected chi connectivity index (χ0v) is 20.1. The molecule has 1 fully saturated rings. The van der Waals surface area contributed by atoms with Gasteiger partial charge in [-0.05, 0) is 12.2 Å². The summed E-state index contributed by atoms with van der Waals surface area (Å²) in [6.45, 7) is 4.44. The first kappa shape index (κ1) is 28.7. The Morgan fingerprint density at radius 2 is 1.97 bits per heavy atom. The number of allylic oxidation sites excluding steroid dienone is 4. The van der Waals surface area contributed by atoms with Crippen LogP contribution in [0.25, 0.3) is 0 Å². The van der Waals surface area contributed by atoms with Gasteiger partial charge in [0.05, 0.1) is 31.8 Å². The van der Waals surface area contributed by atoms with Gasteiger partial charge in [0.15, 0.2) is 6.29 Å². The molecule has 0 spiro atoms.